The van der Waals surface area contributed by atoms with Gasteiger partial charge in [0.2, 0.25) is 0 Å². The van der Waals surface area contributed by atoms with E-state index in [4.69, 9.17) is 9.84 Å². The molecule has 1 saturated heterocycles. The number of aromatic nitrogens is 1. The Hall–Kier alpha value is -1.47. The molecule has 1 unspecified atom stereocenters. The van der Waals surface area contributed by atoms with Crippen molar-refractivity contribution in [2.24, 2.45) is 0 Å². The summed E-state index contributed by atoms with van der Waals surface area (Å²) in [5, 5.41) is 8.88. The molecular weight excluding hydrogens is 316 g/mol. The third-order valence-electron chi connectivity index (χ3n) is 2.89. The zero-order valence-corrected chi connectivity index (χ0v) is 11.7. The fourth-order valence-electron chi connectivity index (χ4n) is 1.99. The highest BCUT2D eigenvalue weighted by Gasteiger charge is 2.30. The maximum Gasteiger partial charge on any atom is 0.305 e. The Morgan fingerprint density at radius 3 is 3.05 bits per heavy atom. The van der Waals surface area contributed by atoms with Gasteiger partial charge in [0, 0.05) is 12.7 Å². The first-order chi connectivity index (χ1) is 9.09. The highest BCUT2D eigenvalue weighted by molar-refractivity contribution is 9.10. The second-order valence-corrected chi connectivity index (χ2v) is 4.92. The second-order valence-electron chi connectivity index (χ2n) is 4.17. The minimum atomic E-state index is -0.946. The second kappa shape index (κ2) is 6.12. The topological polar surface area (TPSA) is 79.7 Å². The highest BCUT2D eigenvalue weighted by atomic mass is 79.9. The highest BCUT2D eigenvalue weighted by Crippen LogP contribution is 2.19. The first-order valence-electron chi connectivity index (χ1n) is 5.80. The molecular formula is C12H13BrN2O4. The SMILES string of the molecule is O=C(O)CC1COCCN1C(=O)c1cccnc1Br. The third kappa shape index (κ3) is 3.30. The van der Waals surface area contributed by atoms with Crippen molar-refractivity contribution in [1.82, 2.24) is 9.88 Å². The average molecular weight is 329 g/mol. The van der Waals surface area contributed by atoms with Gasteiger partial charge in [-0.05, 0) is 28.1 Å². The van der Waals surface area contributed by atoms with Crippen LogP contribution in [0.5, 0.6) is 0 Å². The normalized spacial score (nSPS) is 19.2. The van der Waals surface area contributed by atoms with Crippen LogP contribution in [0.25, 0.3) is 0 Å². The molecule has 1 aliphatic rings. The Kier molecular flexibility index (Phi) is 4.49. The summed E-state index contributed by atoms with van der Waals surface area (Å²) in [5.41, 5.74) is 0.430. The number of nitrogens with zero attached hydrogens (tertiary/aromatic N) is 2. The molecule has 1 aromatic rings. The van der Waals surface area contributed by atoms with Gasteiger partial charge in [-0.25, -0.2) is 4.98 Å². The molecule has 0 bridgehead atoms. The molecule has 1 N–H and O–H groups in total. The number of hydrogen-bond donors (Lipinski definition) is 1. The molecule has 7 heteroatoms. The Morgan fingerprint density at radius 1 is 1.58 bits per heavy atom. The lowest BCUT2D eigenvalue weighted by Gasteiger charge is -2.34. The number of amides is 1. The Labute approximate surface area is 118 Å². The number of rotatable bonds is 3. The Bertz CT molecular complexity index is 494. The van der Waals surface area contributed by atoms with Crippen molar-refractivity contribution in [3.8, 4) is 0 Å². The molecule has 2 heterocycles. The molecule has 1 atom stereocenters. The van der Waals surface area contributed by atoms with E-state index < -0.39 is 12.0 Å². The number of carboxylic acids is 1. The van der Waals surface area contributed by atoms with Crippen LogP contribution >= 0.6 is 15.9 Å². The van der Waals surface area contributed by atoms with E-state index >= 15 is 0 Å². The molecule has 19 heavy (non-hydrogen) atoms. The van der Waals surface area contributed by atoms with Gasteiger partial charge in [-0.3, -0.25) is 9.59 Å². The minimum Gasteiger partial charge on any atom is -0.481 e. The van der Waals surface area contributed by atoms with Crippen LogP contribution in [-0.4, -0.2) is 52.7 Å². The number of hydrogen-bond acceptors (Lipinski definition) is 4. The zero-order chi connectivity index (χ0) is 13.8. The quantitative estimate of drug-likeness (QED) is 0.842. The molecule has 6 nitrogen and oxygen atoms in total. The number of halogens is 1. The summed E-state index contributed by atoms with van der Waals surface area (Å²) in [6.07, 6.45) is 1.46. The van der Waals surface area contributed by atoms with Gasteiger partial charge in [0.15, 0.2) is 0 Å². The van der Waals surface area contributed by atoms with Gasteiger partial charge in [0.05, 0.1) is 31.2 Å². The summed E-state index contributed by atoms with van der Waals surface area (Å²) >= 11 is 3.23. The summed E-state index contributed by atoms with van der Waals surface area (Å²) in [5.74, 6) is -1.17. The van der Waals surface area contributed by atoms with Crippen molar-refractivity contribution in [2.45, 2.75) is 12.5 Å². The van der Waals surface area contributed by atoms with Crippen molar-refractivity contribution in [1.29, 1.82) is 0 Å². The molecule has 1 aliphatic heterocycles. The minimum absolute atomic E-state index is 0.121. The maximum atomic E-state index is 12.4. The van der Waals surface area contributed by atoms with Crippen LogP contribution < -0.4 is 0 Å². The lowest BCUT2D eigenvalue weighted by molar-refractivity contribution is -0.139. The number of ether oxygens (including phenoxy) is 1. The van der Waals surface area contributed by atoms with Gasteiger partial charge in [0.25, 0.3) is 5.91 Å². The van der Waals surface area contributed by atoms with Crippen LogP contribution in [0.15, 0.2) is 22.9 Å². The fraction of sp³-hybridized carbons (Fsp3) is 0.417. The fourth-order valence-corrected chi connectivity index (χ4v) is 2.41. The van der Waals surface area contributed by atoms with E-state index in [1.54, 1.807) is 23.2 Å². The Balaban J connectivity index is 2.20. The summed E-state index contributed by atoms with van der Waals surface area (Å²) in [4.78, 5) is 28.8. The number of carbonyl (C=O) groups is 2. The molecule has 1 amide bonds. The van der Waals surface area contributed by atoms with Crippen LogP contribution in [0.3, 0.4) is 0 Å². The molecule has 2 rings (SSSR count). The largest absolute Gasteiger partial charge is 0.481 e. The summed E-state index contributed by atoms with van der Waals surface area (Å²) in [7, 11) is 0. The third-order valence-corrected chi connectivity index (χ3v) is 3.52. The maximum absolute atomic E-state index is 12.4. The number of carboxylic acid groups (broad SMARTS) is 1. The molecule has 0 spiro atoms. The number of morpholine rings is 1. The van der Waals surface area contributed by atoms with E-state index in [1.165, 1.54) is 0 Å². The van der Waals surface area contributed by atoms with Crippen molar-refractivity contribution < 1.29 is 19.4 Å². The van der Waals surface area contributed by atoms with Gasteiger partial charge in [-0.2, -0.15) is 0 Å². The molecule has 0 radical (unpaired) electrons. The van der Waals surface area contributed by atoms with Gasteiger partial charge >= 0.3 is 5.97 Å². The Morgan fingerprint density at radius 2 is 2.37 bits per heavy atom. The predicted molar refractivity (Wildman–Crippen MR) is 69.8 cm³/mol. The van der Waals surface area contributed by atoms with Crippen LogP contribution in [0.2, 0.25) is 0 Å². The van der Waals surface area contributed by atoms with Gasteiger partial charge in [-0.15, -0.1) is 0 Å². The zero-order valence-electron chi connectivity index (χ0n) is 10.1. The average Bonchev–Trinajstić information content (AvgIpc) is 2.38. The number of pyridine rings is 1. The van der Waals surface area contributed by atoms with E-state index in [1.807, 2.05) is 0 Å². The van der Waals surface area contributed by atoms with Crippen LogP contribution in [-0.2, 0) is 9.53 Å². The molecule has 0 aromatic carbocycles. The monoisotopic (exact) mass is 328 g/mol. The standard InChI is InChI=1S/C12H13BrN2O4/c13-11-9(2-1-3-14-11)12(18)15-4-5-19-7-8(15)6-10(16)17/h1-3,8H,4-7H2,(H,16,17). The first kappa shape index (κ1) is 14.0. The number of carbonyl (C=O) groups excluding carboxylic acids is 1. The molecule has 1 fully saturated rings. The van der Waals surface area contributed by atoms with Gasteiger partial charge in [-0.1, -0.05) is 0 Å². The molecule has 102 valence electrons. The van der Waals surface area contributed by atoms with Crippen molar-refractivity contribution in [3.63, 3.8) is 0 Å². The lowest BCUT2D eigenvalue weighted by Crippen LogP contribution is -2.49. The number of aliphatic carboxylic acids is 1. The summed E-state index contributed by atoms with van der Waals surface area (Å²) < 4.78 is 5.70. The van der Waals surface area contributed by atoms with Gasteiger partial charge < -0.3 is 14.7 Å². The van der Waals surface area contributed by atoms with E-state index in [0.29, 0.717) is 23.3 Å². The van der Waals surface area contributed by atoms with Crippen molar-refractivity contribution in [3.05, 3.63) is 28.5 Å². The van der Waals surface area contributed by atoms with Crippen molar-refractivity contribution in [2.75, 3.05) is 19.8 Å². The van der Waals surface area contributed by atoms with Crippen LogP contribution in [0.4, 0.5) is 0 Å². The first-order valence-corrected chi connectivity index (χ1v) is 6.60. The molecule has 1 aromatic heterocycles. The van der Waals surface area contributed by atoms with Crippen LogP contribution in [0.1, 0.15) is 16.8 Å². The van der Waals surface area contributed by atoms with Crippen molar-refractivity contribution >= 4 is 27.8 Å². The molecule has 0 saturated carbocycles. The van der Waals surface area contributed by atoms with E-state index in [-0.39, 0.29) is 18.9 Å². The van der Waals surface area contributed by atoms with E-state index in [2.05, 4.69) is 20.9 Å². The van der Waals surface area contributed by atoms with Gasteiger partial charge in [0.1, 0.15) is 4.60 Å². The molecule has 0 aliphatic carbocycles. The van der Waals surface area contributed by atoms with E-state index in [9.17, 15) is 9.59 Å². The summed E-state index contributed by atoms with van der Waals surface area (Å²) in [6, 6.07) is 2.89. The summed E-state index contributed by atoms with van der Waals surface area (Å²) in [6.45, 7) is 1.05. The van der Waals surface area contributed by atoms with Crippen LogP contribution in [0, 0.1) is 0 Å². The smallest absolute Gasteiger partial charge is 0.305 e. The lowest BCUT2D eigenvalue weighted by atomic mass is 10.1. The van der Waals surface area contributed by atoms with E-state index in [0.717, 1.165) is 0 Å². The predicted octanol–water partition coefficient (Wildman–Crippen LogP) is 1.16.